The molecule has 21 heavy (non-hydrogen) atoms. The minimum Gasteiger partial charge on any atom is -0.496 e. The third kappa shape index (κ3) is 3.26. The van der Waals surface area contributed by atoms with Crippen LogP contribution in [0.15, 0.2) is 48.5 Å². The zero-order valence-corrected chi connectivity index (χ0v) is 12.3. The summed E-state index contributed by atoms with van der Waals surface area (Å²) in [6.45, 7) is 2.67. The first kappa shape index (κ1) is 14.1. The number of methoxy groups -OCH3 is 1. The quantitative estimate of drug-likeness (QED) is 0.936. The molecule has 0 amide bonds. The Kier molecular flexibility index (Phi) is 4.23. The van der Waals surface area contributed by atoms with E-state index in [1.54, 1.807) is 7.11 Å². The molecule has 3 heteroatoms. The number of likely N-dealkylation sites (tertiary alicyclic amines) is 1. The standard InChI is InChI=1S/C18H21NO2/c1-21-18-5-3-2-4-17(18)15-8-6-14(7-9-15)12-19-11-10-16(20)13-19/h2-9,16,20H,10-13H2,1H3/t16-/m1/s1. The van der Waals surface area contributed by atoms with Crippen molar-refractivity contribution in [2.75, 3.05) is 20.2 Å². The van der Waals surface area contributed by atoms with Crippen LogP contribution in [0.2, 0.25) is 0 Å². The fraction of sp³-hybridized carbons (Fsp3) is 0.333. The van der Waals surface area contributed by atoms with Gasteiger partial charge in [-0.3, -0.25) is 4.90 Å². The van der Waals surface area contributed by atoms with Crippen molar-refractivity contribution >= 4 is 0 Å². The van der Waals surface area contributed by atoms with E-state index in [1.807, 2.05) is 18.2 Å². The van der Waals surface area contributed by atoms with Crippen LogP contribution in [0.25, 0.3) is 11.1 Å². The summed E-state index contributed by atoms with van der Waals surface area (Å²) in [6.07, 6.45) is 0.733. The van der Waals surface area contributed by atoms with Gasteiger partial charge in [-0.1, -0.05) is 42.5 Å². The van der Waals surface area contributed by atoms with Crippen LogP contribution in [0.1, 0.15) is 12.0 Å². The fourth-order valence-corrected chi connectivity index (χ4v) is 2.89. The maximum Gasteiger partial charge on any atom is 0.126 e. The summed E-state index contributed by atoms with van der Waals surface area (Å²) in [4.78, 5) is 2.29. The van der Waals surface area contributed by atoms with E-state index in [1.165, 1.54) is 5.56 Å². The van der Waals surface area contributed by atoms with E-state index in [2.05, 4.69) is 35.2 Å². The van der Waals surface area contributed by atoms with Crippen molar-refractivity contribution < 1.29 is 9.84 Å². The van der Waals surface area contributed by atoms with Gasteiger partial charge in [0.15, 0.2) is 0 Å². The lowest BCUT2D eigenvalue weighted by atomic mass is 10.0. The number of β-amino-alcohol motifs (C(OH)–C–C–N with tert-alkyl or cyclic N) is 1. The number of rotatable bonds is 4. The summed E-state index contributed by atoms with van der Waals surface area (Å²) in [5.41, 5.74) is 3.56. The van der Waals surface area contributed by atoms with E-state index >= 15 is 0 Å². The number of hydrogen-bond acceptors (Lipinski definition) is 3. The van der Waals surface area contributed by atoms with Crippen molar-refractivity contribution in [2.24, 2.45) is 0 Å². The van der Waals surface area contributed by atoms with Crippen molar-refractivity contribution in [3.8, 4) is 16.9 Å². The molecule has 0 unspecified atom stereocenters. The largest absolute Gasteiger partial charge is 0.496 e. The monoisotopic (exact) mass is 283 g/mol. The van der Waals surface area contributed by atoms with Crippen LogP contribution in [0.5, 0.6) is 5.75 Å². The van der Waals surface area contributed by atoms with E-state index in [9.17, 15) is 5.11 Å². The molecule has 0 aliphatic carbocycles. The maximum atomic E-state index is 9.57. The number of hydrogen-bond donors (Lipinski definition) is 1. The van der Waals surface area contributed by atoms with Crippen molar-refractivity contribution in [3.63, 3.8) is 0 Å². The molecule has 2 aromatic carbocycles. The molecule has 1 aliphatic rings. The highest BCUT2D eigenvalue weighted by molar-refractivity contribution is 5.70. The van der Waals surface area contributed by atoms with Crippen LogP contribution in [0.3, 0.4) is 0 Å². The molecular weight excluding hydrogens is 262 g/mol. The Morgan fingerprint density at radius 2 is 1.90 bits per heavy atom. The zero-order chi connectivity index (χ0) is 14.7. The van der Waals surface area contributed by atoms with Crippen LogP contribution in [0, 0.1) is 0 Å². The normalized spacial score (nSPS) is 18.9. The molecule has 1 atom stereocenters. The first-order chi connectivity index (χ1) is 10.3. The van der Waals surface area contributed by atoms with Crippen LogP contribution >= 0.6 is 0 Å². The Balaban J connectivity index is 1.74. The maximum absolute atomic E-state index is 9.57. The Bertz CT molecular complexity index is 594. The number of aliphatic hydroxyl groups is 1. The second-order valence-corrected chi connectivity index (χ2v) is 5.57. The summed E-state index contributed by atoms with van der Waals surface area (Å²) in [5, 5.41) is 9.57. The SMILES string of the molecule is COc1ccccc1-c1ccc(CN2CC[C@@H](O)C2)cc1. The molecular formula is C18H21NO2. The van der Waals surface area contributed by atoms with Gasteiger partial charge in [-0.05, 0) is 23.6 Å². The molecule has 0 aromatic heterocycles. The highest BCUT2D eigenvalue weighted by atomic mass is 16.5. The van der Waals surface area contributed by atoms with Gasteiger partial charge in [-0.15, -0.1) is 0 Å². The second kappa shape index (κ2) is 6.29. The first-order valence-electron chi connectivity index (χ1n) is 7.39. The molecule has 1 fully saturated rings. The van der Waals surface area contributed by atoms with Crippen molar-refractivity contribution in [2.45, 2.75) is 19.1 Å². The predicted molar refractivity (Wildman–Crippen MR) is 84.3 cm³/mol. The average Bonchev–Trinajstić information content (AvgIpc) is 2.93. The van der Waals surface area contributed by atoms with Crippen molar-refractivity contribution in [1.29, 1.82) is 0 Å². The molecule has 1 heterocycles. The topological polar surface area (TPSA) is 32.7 Å². The summed E-state index contributed by atoms with van der Waals surface area (Å²) >= 11 is 0. The molecule has 0 saturated carbocycles. The minimum absolute atomic E-state index is 0.155. The third-order valence-electron chi connectivity index (χ3n) is 4.03. The molecule has 3 rings (SSSR count). The minimum atomic E-state index is -0.155. The molecule has 1 saturated heterocycles. The van der Waals surface area contributed by atoms with Gasteiger partial charge in [-0.25, -0.2) is 0 Å². The van der Waals surface area contributed by atoms with E-state index in [-0.39, 0.29) is 6.10 Å². The fourth-order valence-electron chi connectivity index (χ4n) is 2.89. The molecule has 110 valence electrons. The summed E-state index contributed by atoms with van der Waals surface area (Å²) in [6, 6.07) is 16.7. The van der Waals surface area contributed by atoms with E-state index < -0.39 is 0 Å². The number of ether oxygens (including phenoxy) is 1. The smallest absolute Gasteiger partial charge is 0.126 e. The lowest BCUT2D eigenvalue weighted by Gasteiger charge is -2.15. The molecule has 1 N–H and O–H groups in total. The lowest BCUT2D eigenvalue weighted by molar-refractivity contribution is 0.175. The van der Waals surface area contributed by atoms with Gasteiger partial charge in [0.2, 0.25) is 0 Å². The van der Waals surface area contributed by atoms with Gasteiger partial charge in [0, 0.05) is 25.2 Å². The van der Waals surface area contributed by atoms with Gasteiger partial charge >= 0.3 is 0 Å². The summed E-state index contributed by atoms with van der Waals surface area (Å²) in [5.74, 6) is 0.896. The molecule has 0 spiro atoms. The number of aliphatic hydroxyl groups excluding tert-OH is 1. The van der Waals surface area contributed by atoms with Gasteiger partial charge in [0.05, 0.1) is 13.2 Å². The highest BCUT2D eigenvalue weighted by Crippen LogP contribution is 2.29. The van der Waals surface area contributed by atoms with Crippen LogP contribution in [0.4, 0.5) is 0 Å². The van der Waals surface area contributed by atoms with Gasteiger partial charge in [-0.2, -0.15) is 0 Å². The Hall–Kier alpha value is -1.84. The average molecular weight is 283 g/mol. The Morgan fingerprint density at radius 1 is 1.14 bits per heavy atom. The lowest BCUT2D eigenvalue weighted by Crippen LogP contribution is -2.21. The van der Waals surface area contributed by atoms with Crippen molar-refractivity contribution in [1.82, 2.24) is 4.90 Å². The number of nitrogens with zero attached hydrogens (tertiary/aromatic N) is 1. The van der Waals surface area contributed by atoms with Gasteiger partial charge in [0.25, 0.3) is 0 Å². The molecule has 3 nitrogen and oxygen atoms in total. The van der Waals surface area contributed by atoms with E-state index in [0.717, 1.165) is 42.9 Å². The zero-order valence-electron chi connectivity index (χ0n) is 12.3. The molecule has 0 bridgehead atoms. The van der Waals surface area contributed by atoms with Crippen LogP contribution in [-0.2, 0) is 6.54 Å². The Morgan fingerprint density at radius 3 is 2.57 bits per heavy atom. The van der Waals surface area contributed by atoms with Gasteiger partial charge < -0.3 is 9.84 Å². The summed E-state index contributed by atoms with van der Waals surface area (Å²) in [7, 11) is 1.70. The molecule has 1 aliphatic heterocycles. The third-order valence-corrected chi connectivity index (χ3v) is 4.03. The van der Waals surface area contributed by atoms with Crippen molar-refractivity contribution in [3.05, 3.63) is 54.1 Å². The van der Waals surface area contributed by atoms with Crippen LogP contribution in [-0.4, -0.2) is 36.3 Å². The molecule has 2 aromatic rings. The Labute approximate surface area is 125 Å². The highest BCUT2D eigenvalue weighted by Gasteiger charge is 2.19. The van der Waals surface area contributed by atoms with E-state index in [0.29, 0.717) is 0 Å². The molecule has 0 radical (unpaired) electrons. The number of benzene rings is 2. The first-order valence-corrected chi connectivity index (χ1v) is 7.39. The van der Waals surface area contributed by atoms with Gasteiger partial charge in [0.1, 0.15) is 5.75 Å². The van der Waals surface area contributed by atoms with Crippen LogP contribution < -0.4 is 4.74 Å². The number of para-hydroxylation sites is 1. The van der Waals surface area contributed by atoms with E-state index in [4.69, 9.17) is 4.74 Å². The predicted octanol–water partition coefficient (Wildman–Crippen LogP) is 2.93. The summed E-state index contributed by atoms with van der Waals surface area (Å²) < 4.78 is 5.41. The second-order valence-electron chi connectivity index (χ2n) is 5.57.